The summed E-state index contributed by atoms with van der Waals surface area (Å²) < 4.78 is 18.0. The highest BCUT2D eigenvalue weighted by molar-refractivity contribution is 5.69. The number of rotatable bonds is 21. The Kier molecular flexibility index (Phi) is 17.6. The van der Waals surface area contributed by atoms with Gasteiger partial charge in [-0.3, -0.25) is 4.79 Å². The molecule has 0 aromatic rings. The van der Waals surface area contributed by atoms with Crippen LogP contribution in [0.5, 0.6) is 0 Å². The van der Waals surface area contributed by atoms with Crippen molar-refractivity contribution in [3.63, 3.8) is 0 Å². The molecule has 0 radical (unpaired) electrons. The molecular formula is C49H82O7. The van der Waals surface area contributed by atoms with Gasteiger partial charge in [-0.15, -0.1) is 0 Å². The van der Waals surface area contributed by atoms with E-state index in [2.05, 4.69) is 71.9 Å². The number of aliphatic hydroxyl groups is 3. The molecule has 1 heterocycles. The largest absolute Gasteiger partial charge is 0.463 e. The first kappa shape index (κ1) is 45.6. The molecule has 0 aromatic carbocycles. The SMILES string of the molecule is CCCCC/C=C\C/C=C\CCCCCC(=O)OC[C@H]1O[C@@H](O[C@H]2CC[C@@]3(C)C(=CC[C@H]4[C@@H]5CC[C@H]([C@H](C)CCCC(C)C)[C@@]5(C)CC[C@@H]43)C2)[C@H](O)[C@@H](O)[C@@H]1O. The van der Waals surface area contributed by atoms with E-state index < -0.39 is 30.7 Å². The number of ether oxygens (including phenoxy) is 3. The lowest BCUT2D eigenvalue weighted by atomic mass is 9.47. The van der Waals surface area contributed by atoms with E-state index in [0.717, 1.165) is 87.4 Å². The highest BCUT2D eigenvalue weighted by atomic mass is 16.7. The number of aliphatic hydroxyl groups excluding tert-OH is 3. The molecule has 320 valence electrons. The minimum atomic E-state index is -1.45. The van der Waals surface area contributed by atoms with Crippen molar-refractivity contribution in [2.45, 2.75) is 213 Å². The topological polar surface area (TPSA) is 105 Å². The second kappa shape index (κ2) is 21.7. The molecule has 7 heteroatoms. The molecule has 3 saturated carbocycles. The summed E-state index contributed by atoms with van der Waals surface area (Å²) in [5, 5.41) is 32.4. The number of fused-ring (bicyclic) bond motifs is 5. The molecule has 0 bridgehead atoms. The van der Waals surface area contributed by atoms with Gasteiger partial charge in [0.15, 0.2) is 6.29 Å². The van der Waals surface area contributed by atoms with Crippen molar-refractivity contribution in [3.8, 4) is 0 Å². The van der Waals surface area contributed by atoms with Gasteiger partial charge in [-0.1, -0.05) is 116 Å². The Hall–Kier alpha value is -1.51. The summed E-state index contributed by atoms with van der Waals surface area (Å²) in [4.78, 5) is 12.6. The fourth-order valence-electron chi connectivity index (χ4n) is 12.1. The molecule has 7 nitrogen and oxygen atoms in total. The van der Waals surface area contributed by atoms with Crippen LogP contribution >= 0.6 is 0 Å². The van der Waals surface area contributed by atoms with Crippen molar-refractivity contribution in [2.24, 2.45) is 46.3 Å². The number of unbranched alkanes of at least 4 members (excludes halogenated alkanes) is 6. The summed E-state index contributed by atoms with van der Waals surface area (Å²) in [6.45, 7) is 14.5. The Bertz CT molecular complexity index is 1290. The lowest BCUT2D eigenvalue weighted by Crippen LogP contribution is -2.60. The number of hydrogen-bond donors (Lipinski definition) is 3. The van der Waals surface area contributed by atoms with E-state index in [-0.39, 0.29) is 24.1 Å². The van der Waals surface area contributed by atoms with Crippen molar-refractivity contribution < 1.29 is 34.3 Å². The molecule has 1 saturated heterocycles. The summed E-state index contributed by atoms with van der Waals surface area (Å²) in [5.41, 5.74) is 2.13. The summed E-state index contributed by atoms with van der Waals surface area (Å²) in [6, 6.07) is 0. The molecule has 0 spiro atoms. The van der Waals surface area contributed by atoms with Gasteiger partial charge in [-0.05, 0) is 136 Å². The zero-order chi connectivity index (χ0) is 40.3. The Balaban J connectivity index is 1.05. The zero-order valence-corrected chi connectivity index (χ0v) is 36.3. The van der Waals surface area contributed by atoms with Gasteiger partial charge in [-0.25, -0.2) is 0 Å². The Morgan fingerprint density at radius 2 is 1.61 bits per heavy atom. The molecule has 0 unspecified atom stereocenters. The minimum Gasteiger partial charge on any atom is -0.463 e. The van der Waals surface area contributed by atoms with Crippen molar-refractivity contribution in [3.05, 3.63) is 36.0 Å². The smallest absolute Gasteiger partial charge is 0.305 e. The highest BCUT2D eigenvalue weighted by Gasteiger charge is 2.59. The third kappa shape index (κ3) is 11.4. The fraction of sp³-hybridized carbons (Fsp3) is 0.857. The van der Waals surface area contributed by atoms with Gasteiger partial charge in [0.25, 0.3) is 0 Å². The van der Waals surface area contributed by atoms with Gasteiger partial charge in [-0.2, -0.15) is 0 Å². The first-order valence-corrected chi connectivity index (χ1v) is 23.4. The third-order valence-electron chi connectivity index (χ3n) is 15.5. The summed E-state index contributed by atoms with van der Waals surface area (Å²) in [5.74, 6) is 4.40. The molecule has 13 atom stereocenters. The predicted molar refractivity (Wildman–Crippen MR) is 226 cm³/mol. The van der Waals surface area contributed by atoms with Gasteiger partial charge in [0.05, 0.1) is 6.10 Å². The van der Waals surface area contributed by atoms with Crippen LogP contribution in [-0.2, 0) is 19.0 Å². The average molecular weight is 783 g/mol. The lowest BCUT2D eigenvalue weighted by Gasteiger charge is -2.58. The third-order valence-corrected chi connectivity index (χ3v) is 15.5. The summed E-state index contributed by atoms with van der Waals surface area (Å²) >= 11 is 0. The molecule has 5 aliphatic rings. The fourth-order valence-corrected chi connectivity index (χ4v) is 12.1. The highest BCUT2D eigenvalue weighted by Crippen LogP contribution is 2.67. The van der Waals surface area contributed by atoms with Crippen LogP contribution in [0.2, 0.25) is 0 Å². The van der Waals surface area contributed by atoms with E-state index in [9.17, 15) is 20.1 Å². The lowest BCUT2D eigenvalue weighted by molar-refractivity contribution is -0.313. The van der Waals surface area contributed by atoms with E-state index in [1.807, 2.05) is 0 Å². The molecule has 0 aromatic heterocycles. The molecule has 3 N–H and O–H groups in total. The molecule has 4 fully saturated rings. The monoisotopic (exact) mass is 783 g/mol. The van der Waals surface area contributed by atoms with Gasteiger partial charge < -0.3 is 29.5 Å². The maximum absolute atomic E-state index is 12.6. The van der Waals surface area contributed by atoms with Crippen molar-refractivity contribution in [1.82, 2.24) is 0 Å². The van der Waals surface area contributed by atoms with E-state index in [4.69, 9.17) is 14.2 Å². The van der Waals surface area contributed by atoms with Crippen LogP contribution in [-0.4, -0.2) is 64.7 Å². The van der Waals surface area contributed by atoms with Crippen LogP contribution in [0.1, 0.15) is 176 Å². The molecule has 0 amide bonds. The van der Waals surface area contributed by atoms with Crippen LogP contribution in [0.25, 0.3) is 0 Å². The molecule has 1 aliphatic heterocycles. The molecule has 4 aliphatic carbocycles. The quantitative estimate of drug-likeness (QED) is 0.0605. The van der Waals surface area contributed by atoms with Crippen LogP contribution in [0.4, 0.5) is 0 Å². The van der Waals surface area contributed by atoms with E-state index in [0.29, 0.717) is 17.8 Å². The number of carbonyl (C=O) groups is 1. The maximum Gasteiger partial charge on any atom is 0.305 e. The Labute approximate surface area is 341 Å². The van der Waals surface area contributed by atoms with Crippen LogP contribution < -0.4 is 0 Å². The minimum absolute atomic E-state index is 0.144. The number of hydrogen-bond acceptors (Lipinski definition) is 7. The van der Waals surface area contributed by atoms with Crippen molar-refractivity contribution in [1.29, 1.82) is 0 Å². The van der Waals surface area contributed by atoms with Crippen LogP contribution in [0, 0.1) is 46.3 Å². The number of allylic oxidation sites excluding steroid dienone is 5. The standard InChI is InChI=1S/C49H82O7/c1-7-8-9-10-11-12-13-14-15-16-17-18-19-23-43(50)54-33-42-44(51)45(52)46(53)47(56-42)55-37-28-30-48(5)36(32-37)24-25-38-40-27-26-39(35(4)22-20-21-34(2)3)49(40,6)31-29-41(38)48/h11-12,14-15,24,34-35,37-42,44-47,51-53H,7-10,13,16-23,25-33H2,1-6H3/b12-11-,15-14-/t35-,37+,38+,39-,40+,41+,42-,44-,45+,46-,47-,48+,49-/m1/s1. The maximum atomic E-state index is 12.6. The first-order chi connectivity index (χ1) is 26.9. The molecular weight excluding hydrogens is 701 g/mol. The number of carbonyl (C=O) groups excluding carboxylic acids is 1. The van der Waals surface area contributed by atoms with Gasteiger partial charge in [0.1, 0.15) is 31.0 Å². The van der Waals surface area contributed by atoms with Crippen molar-refractivity contribution >= 4 is 5.97 Å². The average Bonchev–Trinajstić information content (AvgIpc) is 3.53. The van der Waals surface area contributed by atoms with Gasteiger partial charge in [0.2, 0.25) is 0 Å². The predicted octanol–water partition coefficient (Wildman–Crippen LogP) is 10.8. The second-order valence-electron chi connectivity index (χ2n) is 19.8. The zero-order valence-electron chi connectivity index (χ0n) is 36.3. The Morgan fingerprint density at radius 1 is 0.857 bits per heavy atom. The van der Waals surface area contributed by atoms with E-state index in [1.165, 1.54) is 76.2 Å². The van der Waals surface area contributed by atoms with Crippen LogP contribution in [0.3, 0.4) is 0 Å². The van der Waals surface area contributed by atoms with Crippen molar-refractivity contribution in [2.75, 3.05) is 6.61 Å². The first-order valence-electron chi connectivity index (χ1n) is 23.4. The van der Waals surface area contributed by atoms with E-state index in [1.54, 1.807) is 0 Å². The molecule has 56 heavy (non-hydrogen) atoms. The number of esters is 1. The van der Waals surface area contributed by atoms with Gasteiger partial charge in [0, 0.05) is 6.42 Å². The molecule has 5 rings (SSSR count). The van der Waals surface area contributed by atoms with Gasteiger partial charge >= 0.3 is 5.97 Å². The summed E-state index contributed by atoms with van der Waals surface area (Å²) in [7, 11) is 0. The van der Waals surface area contributed by atoms with Crippen LogP contribution in [0.15, 0.2) is 36.0 Å². The second-order valence-corrected chi connectivity index (χ2v) is 19.8. The van der Waals surface area contributed by atoms with E-state index >= 15 is 0 Å². The normalized spacial score (nSPS) is 37.7. The summed E-state index contributed by atoms with van der Waals surface area (Å²) in [6.07, 6.45) is 28.4. The Morgan fingerprint density at radius 3 is 2.34 bits per heavy atom.